The second kappa shape index (κ2) is 18.9. The molecule has 0 radical (unpaired) electrons. The summed E-state index contributed by atoms with van der Waals surface area (Å²) in [6.07, 6.45) is -4.45. The number of hydrogen-bond donors (Lipinski definition) is 0. The first-order chi connectivity index (χ1) is 23.1. The summed E-state index contributed by atoms with van der Waals surface area (Å²) < 4.78 is 83.8. The van der Waals surface area contributed by atoms with E-state index in [-0.39, 0.29) is 6.61 Å². The van der Waals surface area contributed by atoms with Gasteiger partial charge in [0.25, 0.3) is 0 Å². The Balaban J connectivity index is 4.15. The summed E-state index contributed by atoms with van der Waals surface area (Å²) in [5.41, 5.74) is 0. The Bertz CT molecular complexity index is 1130. The Hall–Kier alpha value is 1.57. The predicted molar refractivity (Wildman–Crippen MR) is 241 cm³/mol. The molecule has 0 N–H and O–H groups in total. The third-order valence-corrected chi connectivity index (χ3v) is 17.7. The molecular weight excluding hydrogens is 828 g/mol. The van der Waals surface area contributed by atoms with Gasteiger partial charge in [-0.1, -0.05) is 0 Å². The smallest absolute Gasteiger partial charge is 0.415 e. The lowest BCUT2D eigenvalue weighted by Gasteiger charge is -2.55. The zero-order valence-electron chi connectivity index (χ0n) is 38.4. The van der Waals surface area contributed by atoms with E-state index in [0.717, 1.165) is 0 Å². The van der Waals surface area contributed by atoms with E-state index in [0.29, 0.717) is 6.61 Å². The third-order valence-electron chi connectivity index (χ3n) is 6.67. The van der Waals surface area contributed by atoms with Crippen LogP contribution in [-0.2, 0) is 48.8 Å². The minimum atomic E-state index is -4.31. The van der Waals surface area contributed by atoms with Crippen LogP contribution in [0, 0.1) is 0 Å². The number of phosphoric ester groups is 1. The highest BCUT2D eigenvalue weighted by Gasteiger charge is 2.60. The van der Waals surface area contributed by atoms with Crippen LogP contribution >= 0.6 is 7.82 Å². The molecule has 1 saturated carbocycles. The molecule has 0 bridgehead atoms. The van der Waals surface area contributed by atoms with Crippen molar-refractivity contribution in [1.29, 1.82) is 0 Å². The van der Waals surface area contributed by atoms with Crippen LogP contribution in [0.4, 0.5) is 0 Å². The van der Waals surface area contributed by atoms with Gasteiger partial charge < -0.3 is 35.2 Å². The minimum Gasteiger partial charge on any atom is -0.415 e. The number of phosphoric acid groups is 1. The highest BCUT2D eigenvalue weighted by molar-refractivity contribution is 7.50. The van der Waals surface area contributed by atoms with Gasteiger partial charge in [-0.2, -0.15) is 0 Å². The van der Waals surface area contributed by atoms with Crippen LogP contribution in [-0.4, -0.2) is 122 Å². The maximum absolute atomic E-state index is 15.4. The van der Waals surface area contributed by atoms with Crippen LogP contribution in [0.25, 0.3) is 0 Å². The van der Waals surface area contributed by atoms with Crippen molar-refractivity contribution in [2.75, 3.05) is 13.2 Å². The second-order valence-electron chi connectivity index (χ2n) is 22.3. The molecule has 0 spiro atoms. The summed E-state index contributed by atoms with van der Waals surface area (Å²) in [4.78, 5) is 0. The third kappa shape index (κ3) is 23.1. The molecule has 0 heterocycles. The van der Waals surface area contributed by atoms with Gasteiger partial charge >= 0.3 is 7.82 Å². The minimum absolute atomic E-state index is 0.0205. The largest absolute Gasteiger partial charge is 0.465 e. The average Bonchev–Trinajstić information content (AvgIpc) is 2.81. The first-order valence-corrected chi connectivity index (χ1v) is 48.1. The van der Waals surface area contributed by atoms with Crippen LogP contribution in [0.2, 0.25) is 157 Å². The van der Waals surface area contributed by atoms with E-state index < -0.39 is 117 Å². The molecule has 1 aliphatic rings. The predicted octanol–water partition coefficient (Wildman–Crippen LogP) is 10.5. The van der Waals surface area contributed by atoms with Crippen molar-refractivity contribution in [3.63, 3.8) is 0 Å². The molecule has 20 heteroatoms. The molecule has 1 rings (SSSR count). The van der Waals surface area contributed by atoms with Gasteiger partial charge in [0.15, 0.2) is 66.5 Å². The van der Waals surface area contributed by atoms with Gasteiger partial charge in [-0.05, 0) is 157 Å². The summed E-state index contributed by atoms with van der Waals surface area (Å²) in [7, 11) is -22.1. The van der Waals surface area contributed by atoms with Crippen molar-refractivity contribution < 1.29 is 48.8 Å². The molecule has 318 valence electrons. The summed E-state index contributed by atoms with van der Waals surface area (Å²) in [6, 6.07) is 0. The molecule has 1 aliphatic carbocycles. The molecular formula is C33H83O11PSi8. The van der Waals surface area contributed by atoms with E-state index in [2.05, 4.69) is 137 Å². The van der Waals surface area contributed by atoms with E-state index in [4.69, 9.17) is 44.2 Å². The van der Waals surface area contributed by atoms with Gasteiger partial charge in [-0.15, -0.1) is 0 Å². The van der Waals surface area contributed by atoms with Crippen molar-refractivity contribution in [2.24, 2.45) is 0 Å². The van der Waals surface area contributed by atoms with Gasteiger partial charge in [0.2, 0.25) is 0 Å². The maximum atomic E-state index is 15.4. The Labute approximate surface area is 334 Å². The van der Waals surface area contributed by atoms with Crippen molar-refractivity contribution in [3.8, 4) is 0 Å². The summed E-state index contributed by atoms with van der Waals surface area (Å²) >= 11 is 0. The molecule has 0 aromatic carbocycles. The van der Waals surface area contributed by atoms with Crippen molar-refractivity contribution in [2.45, 2.75) is 200 Å². The van der Waals surface area contributed by atoms with Gasteiger partial charge in [0.05, 0.1) is 19.3 Å². The Kier molecular flexibility index (Phi) is 18.7. The maximum Gasteiger partial charge on any atom is 0.465 e. The fraction of sp³-hybridized carbons (Fsp3) is 1.00. The molecule has 11 nitrogen and oxygen atoms in total. The number of rotatable bonds is 22. The SMILES string of the molecule is C[Si](C)(C)OC[C@H](COP(=O)(OC1[C@@H](O[Si](C)(C)C)[C@H](O[Si](C)(C)C)C(O[Si](C)(C)C)[C@H](O[Si](C)(C)C)[C@@H]1O[Si](C)(C)C)O[Si](C)(C)C)O[Si](C)(C)C. The van der Waals surface area contributed by atoms with E-state index in [1.807, 2.05) is 19.6 Å². The molecule has 0 saturated heterocycles. The molecule has 0 aromatic heterocycles. The van der Waals surface area contributed by atoms with Crippen LogP contribution < -0.4 is 0 Å². The second-order valence-corrected chi connectivity index (χ2v) is 59.9. The van der Waals surface area contributed by atoms with Crippen LogP contribution in [0.3, 0.4) is 0 Å². The molecule has 53 heavy (non-hydrogen) atoms. The standard InChI is InChI=1S/C33H83O11PSi8/c1-46(2,3)36-26-27(38-47(4,5)6)25-35-45(34,44-53(22,23)24)37-28-29(39-48(7,8)9)31(41-50(13,14)15)33(43-52(19,20)21)32(42-51(16,17)18)30(28)40-49(10,11)12/h27-33H,25-26H2,1-24H3/t27-,28?,29+,30+,31-,32+,33?,45?/m0/s1. The lowest BCUT2D eigenvalue weighted by atomic mass is 9.85. The fourth-order valence-corrected chi connectivity index (χ4v) is 16.9. The quantitative estimate of drug-likeness (QED) is 0.0765. The normalized spacial score (nSPS) is 26.4. The van der Waals surface area contributed by atoms with E-state index in [1.54, 1.807) is 0 Å². The van der Waals surface area contributed by atoms with Crippen molar-refractivity contribution in [3.05, 3.63) is 0 Å². The Morgan fingerprint density at radius 1 is 0.396 bits per heavy atom. The number of hydrogen-bond acceptors (Lipinski definition) is 11. The fourth-order valence-electron chi connectivity index (χ4n) is 5.65. The van der Waals surface area contributed by atoms with E-state index in [1.165, 1.54) is 0 Å². The monoisotopic (exact) mass is 910 g/mol. The van der Waals surface area contributed by atoms with Crippen molar-refractivity contribution >= 4 is 74.4 Å². The topological polar surface area (TPSA) is 109 Å². The zero-order chi connectivity index (χ0) is 42.0. The Morgan fingerprint density at radius 3 is 0.943 bits per heavy atom. The molecule has 8 atom stereocenters. The highest BCUT2D eigenvalue weighted by atomic mass is 31.2. The molecule has 1 fully saturated rings. The van der Waals surface area contributed by atoms with Gasteiger partial charge in [-0.3, -0.25) is 9.05 Å². The van der Waals surface area contributed by atoms with Crippen LogP contribution in [0.15, 0.2) is 0 Å². The Morgan fingerprint density at radius 2 is 0.698 bits per heavy atom. The first kappa shape index (κ1) is 52.6. The van der Waals surface area contributed by atoms with Crippen LogP contribution in [0.1, 0.15) is 0 Å². The zero-order valence-corrected chi connectivity index (χ0v) is 47.3. The van der Waals surface area contributed by atoms with Gasteiger partial charge in [-0.25, -0.2) is 4.57 Å². The van der Waals surface area contributed by atoms with Gasteiger partial charge in [0, 0.05) is 0 Å². The van der Waals surface area contributed by atoms with Gasteiger partial charge in [0.1, 0.15) is 36.6 Å². The summed E-state index contributed by atoms with van der Waals surface area (Å²) in [5.74, 6) is 0. The first-order valence-electron chi connectivity index (χ1n) is 19.4. The van der Waals surface area contributed by atoms with Crippen LogP contribution in [0.5, 0.6) is 0 Å². The molecule has 0 aromatic rings. The lowest BCUT2D eigenvalue weighted by molar-refractivity contribution is -0.197. The summed E-state index contributed by atoms with van der Waals surface area (Å²) in [5, 5.41) is 0. The highest BCUT2D eigenvalue weighted by Crippen LogP contribution is 2.56. The van der Waals surface area contributed by atoms with E-state index >= 15 is 4.57 Å². The lowest BCUT2D eigenvalue weighted by Crippen LogP contribution is -2.72. The van der Waals surface area contributed by atoms with Crippen molar-refractivity contribution in [1.82, 2.24) is 0 Å². The molecule has 0 aliphatic heterocycles. The van der Waals surface area contributed by atoms with E-state index in [9.17, 15) is 0 Å². The summed E-state index contributed by atoms with van der Waals surface area (Å²) in [6.45, 7) is 51.5. The molecule has 3 unspecified atom stereocenters. The average molecular weight is 912 g/mol. The molecule has 0 amide bonds.